The van der Waals surface area contributed by atoms with Crippen molar-refractivity contribution >= 4 is 0 Å². The number of aliphatic hydroxyl groups is 1. The molecule has 0 aliphatic carbocycles. The average Bonchev–Trinajstić information content (AvgIpc) is 3.11. The van der Waals surface area contributed by atoms with Gasteiger partial charge in [-0.3, -0.25) is 4.90 Å². The van der Waals surface area contributed by atoms with Crippen LogP contribution >= 0.6 is 0 Å². The van der Waals surface area contributed by atoms with Crippen molar-refractivity contribution in [2.24, 2.45) is 16.1 Å². The van der Waals surface area contributed by atoms with E-state index in [4.69, 9.17) is 0 Å². The summed E-state index contributed by atoms with van der Waals surface area (Å²) in [6.07, 6.45) is -1.46. The van der Waals surface area contributed by atoms with Gasteiger partial charge in [0.15, 0.2) is 12.0 Å². The van der Waals surface area contributed by atoms with Crippen molar-refractivity contribution in [3.05, 3.63) is 35.8 Å². The molecule has 11 heteroatoms. The number of benzene rings is 1. The number of fused-ring (bicyclic) bond motifs is 1. The zero-order chi connectivity index (χ0) is 22.2. The summed E-state index contributed by atoms with van der Waals surface area (Å²) in [6.45, 7) is 3.53. The van der Waals surface area contributed by atoms with Crippen molar-refractivity contribution in [2.75, 3.05) is 39.8 Å². The molecule has 1 aromatic carbocycles. The Morgan fingerprint density at radius 3 is 2.68 bits per heavy atom. The molecule has 3 atom stereocenters. The fourth-order valence-corrected chi connectivity index (χ4v) is 4.66. The van der Waals surface area contributed by atoms with Crippen LogP contribution in [0.4, 0.5) is 13.2 Å². The average molecular weight is 441 g/mol. The Morgan fingerprint density at radius 1 is 1.23 bits per heavy atom. The minimum absolute atomic E-state index is 0.139. The topological polar surface area (TPSA) is 84.1 Å². The number of hydrogen-bond donors (Lipinski definition) is 2. The number of hydrogen-bond acceptors (Lipinski definition) is 8. The number of likely N-dealkylation sites (tertiary alicyclic amines) is 2. The van der Waals surface area contributed by atoms with Gasteiger partial charge in [0, 0.05) is 50.6 Å². The number of β-amino-alcohol motifs (C(OH)–C–C–N with tert-alkyl or cyclic N) is 1. The molecule has 2 saturated heterocycles. The summed E-state index contributed by atoms with van der Waals surface area (Å²) < 4.78 is 41.0. The molecule has 3 heterocycles. The zero-order valence-electron chi connectivity index (χ0n) is 17.2. The predicted octanol–water partition coefficient (Wildman–Crippen LogP) is 2.87. The van der Waals surface area contributed by atoms with E-state index in [1.807, 2.05) is 6.20 Å². The van der Waals surface area contributed by atoms with E-state index in [1.54, 1.807) is 11.9 Å². The molecule has 170 valence electrons. The third-order valence-corrected chi connectivity index (χ3v) is 6.15. The Labute approximate surface area is 178 Å². The second-order valence-corrected chi connectivity index (χ2v) is 8.13. The maximum Gasteiger partial charge on any atom is 0.573 e. The third kappa shape index (κ3) is 4.72. The van der Waals surface area contributed by atoms with Crippen molar-refractivity contribution in [1.82, 2.24) is 14.7 Å². The quantitative estimate of drug-likeness (QED) is 0.731. The van der Waals surface area contributed by atoms with Crippen molar-refractivity contribution in [2.45, 2.75) is 31.4 Å². The summed E-state index contributed by atoms with van der Waals surface area (Å²) in [5, 5.41) is 28.2. The molecule has 2 fully saturated rings. The Hall–Kier alpha value is -2.53. The van der Waals surface area contributed by atoms with Crippen molar-refractivity contribution in [3.63, 3.8) is 0 Å². The number of phenols is 1. The van der Waals surface area contributed by atoms with Crippen LogP contribution in [0.2, 0.25) is 0 Å². The van der Waals surface area contributed by atoms with E-state index in [2.05, 4.69) is 24.8 Å². The molecule has 4 rings (SSSR count). The molecule has 0 radical (unpaired) electrons. The van der Waals surface area contributed by atoms with Crippen LogP contribution in [0.3, 0.4) is 0 Å². The maximum absolute atomic E-state index is 12.4. The molecule has 3 aliphatic rings. The molecule has 2 N–H and O–H groups in total. The van der Waals surface area contributed by atoms with E-state index in [9.17, 15) is 23.4 Å². The molecule has 0 bridgehead atoms. The number of nitrogens with zero attached hydrogens (tertiary/aromatic N) is 5. The van der Waals surface area contributed by atoms with Gasteiger partial charge < -0.3 is 24.7 Å². The predicted molar refractivity (Wildman–Crippen MR) is 105 cm³/mol. The number of rotatable bonds is 5. The third-order valence-electron chi connectivity index (χ3n) is 6.15. The standard InChI is InChI=1S/C20H26F3N5O3/c1-26-12-18(28-7-5-13-4-6-27(8-9-29)11-16(13)28)24-25-19(26)15-3-2-14(10-17(15)30)31-20(21,22)23/h2-3,10,12-13,16,19,29-30H,4-9,11H2,1H3/t13-,16-,19?/m0/s1. The highest BCUT2D eigenvalue weighted by molar-refractivity contribution is 5.42. The number of azo groups is 1. The largest absolute Gasteiger partial charge is 0.573 e. The lowest BCUT2D eigenvalue weighted by Crippen LogP contribution is -2.48. The molecule has 3 aliphatic heterocycles. The Morgan fingerprint density at radius 2 is 2.00 bits per heavy atom. The highest BCUT2D eigenvalue weighted by Gasteiger charge is 2.40. The van der Waals surface area contributed by atoms with Crippen LogP contribution in [0, 0.1) is 5.92 Å². The van der Waals surface area contributed by atoms with Gasteiger partial charge in [-0.1, -0.05) is 0 Å². The van der Waals surface area contributed by atoms with Crippen LogP contribution in [0.5, 0.6) is 11.5 Å². The molecule has 0 saturated carbocycles. The first-order chi connectivity index (χ1) is 14.7. The van der Waals surface area contributed by atoms with E-state index >= 15 is 0 Å². The molecular weight excluding hydrogens is 415 g/mol. The molecule has 8 nitrogen and oxygen atoms in total. The molecular formula is C20H26F3N5O3. The Balaban J connectivity index is 1.47. The van der Waals surface area contributed by atoms with Crippen LogP contribution in [-0.4, -0.2) is 77.2 Å². The number of halogens is 3. The van der Waals surface area contributed by atoms with Gasteiger partial charge in [0.25, 0.3) is 0 Å². The van der Waals surface area contributed by atoms with Crippen molar-refractivity contribution in [3.8, 4) is 11.5 Å². The van der Waals surface area contributed by atoms with Crippen molar-refractivity contribution in [1.29, 1.82) is 0 Å². The summed E-state index contributed by atoms with van der Waals surface area (Å²) in [7, 11) is 1.79. The molecule has 0 spiro atoms. The normalized spacial score (nSPS) is 26.7. The van der Waals surface area contributed by atoms with Gasteiger partial charge in [-0.05, 0) is 37.4 Å². The second kappa shape index (κ2) is 8.54. The lowest BCUT2D eigenvalue weighted by molar-refractivity contribution is -0.274. The number of piperidine rings is 1. The smallest absolute Gasteiger partial charge is 0.507 e. The summed E-state index contributed by atoms with van der Waals surface area (Å²) in [5.74, 6) is 0.476. The first-order valence-electron chi connectivity index (χ1n) is 10.3. The second-order valence-electron chi connectivity index (χ2n) is 8.13. The fourth-order valence-electron chi connectivity index (χ4n) is 4.66. The number of aliphatic hydroxyl groups excluding tert-OH is 1. The van der Waals surface area contributed by atoms with Crippen LogP contribution < -0.4 is 4.74 Å². The fraction of sp³-hybridized carbons (Fsp3) is 0.600. The summed E-state index contributed by atoms with van der Waals surface area (Å²) in [5.41, 5.74) is 0.335. The zero-order valence-corrected chi connectivity index (χ0v) is 17.2. The van der Waals surface area contributed by atoms with Gasteiger partial charge >= 0.3 is 6.36 Å². The monoisotopic (exact) mass is 441 g/mol. The summed E-state index contributed by atoms with van der Waals surface area (Å²) in [6, 6.07) is 3.74. The van der Waals surface area contributed by atoms with E-state index < -0.39 is 18.3 Å². The van der Waals surface area contributed by atoms with Gasteiger partial charge in [0.1, 0.15) is 11.5 Å². The van der Waals surface area contributed by atoms with Gasteiger partial charge in [-0.2, -0.15) is 5.11 Å². The van der Waals surface area contributed by atoms with E-state index in [0.29, 0.717) is 24.1 Å². The number of aromatic hydroxyl groups is 1. The van der Waals surface area contributed by atoms with Crippen LogP contribution in [0.1, 0.15) is 24.6 Å². The summed E-state index contributed by atoms with van der Waals surface area (Å²) in [4.78, 5) is 6.28. The van der Waals surface area contributed by atoms with Crippen molar-refractivity contribution < 1.29 is 28.1 Å². The highest BCUT2D eigenvalue weighted by Crippen LogP contribution is 2.39. The minimum atomic E-state index is -4.83. The van der Waals surface area contributed by atoms with Gasteiger partial charge in [-0.25, -0.2) is 0 Å². The van der Waals surface area contributed by atoms with Gasteiger partial charge in [0.2, 0.25) is 0 Å². The number of phenolic OH excluding ortho intramolecular Hbond substituents is 1. The molecule has 1 unspecified atom stereocenters. The maximum atomic E-state index is 12.4. The molecule has 0 amide bonds. The SMILES string of the molecule is CN1C=C(N2CC[C@@H]3CCN(CCO)C[C@@H]32)N=NC1c1ccc(OC(F)(F)F)cc1O. The van der Waals surface area contributed by atoms with Crippen LogP contribution in [-0.2, 0) is 0 Å². The minimum Gasteiger partial charge on any atom is -0.507 e. The van der Waals surface area contributed by atoms with Crippen LogP contribution in [0.25, 0.3) is 0 Å². The molecule has 31 heavy (non-hydrogen) atoms. The number of ether oxygens (including phenoxy) is 1. The summed E-state index contributed by atoms with van der Waals surface area (Å²) >= 11 is 0. The highest BCUT2D eigenvalue weighted by atomic mass is 19.4. The van der Waals surface area contributed by atoms with Crippen LogP contribution in [0.15, 0.2) is 40.4 Å². The number of alkyl halides is 3. The lowest BCUT2D eigenvalue weighted by atomic mass is 9.92. The lowest BCUT2D eigenvalue weighted by Gasteiger charge is -2.39. The van der Waals surface area contributed by atoms with E-state index in [0.717, 1.165) is 50.4 Å². The van der Waals surface area contributed by atoms with Gasteiger partial charge in [0.05, 0.1) is 6.61 Å². The molecule has 1 aromatic rings. The molecule has 0 aromatic heterocycles. The van der Waals surface area contributed by atoms with E-state index in [1.165, 1.54) is 6.07 Å². The first kappa shape index (κ1) is 21.7. The Bertz CT molecular complexity index is 863. The van der Waals surface area contributed by atoms with E-state index in [-0.39, 0.29) is 12.4 Å². The first-order valence-corrected chi connectivity index (χ1v) is 10.3. The van der Waals surface area contributed by atoms with Gasteiger partial charge in [-0.15, -0.1) is 18.3 Å². The Kier molecular flexibility index (Phi) is 5.98.